The molecule has 1 aliphatic carbocycles. The van der Waals surface area contributed by atoms with Crippen molar-refractivity contribution in [3.8, 4) is 0 Å². The van der Waals surface area contributed by atoms with Crippen LogP contribution in [0.15, 0.2) is 0 Å². The van der Waals surface area contributed by atoms with Gasteiger partial charge >= 0.3 is 5.97 Å². The fraction of sp³-hybridized carbons (Fsp3) is 0.929. The molecule has 2 rings (SSSR count). The van der Waals surface area contributed by atoms with Crippen LogP contribution in [0.3, 0.4) is 0 Å². The number of hydrogen-bond donors (Lipinski definition) is 2. The first-order valence-corrected chi connectivity index (χ1v) is 7.27. The van der Waals surface area contributed by atoms with Crippen LogP contribution in [0, 0.1) is 5.92 Å². The van der Waals surface area contributed by atoms with Crippen LogP contribution in [0.1, 0.15) is 51.9 Å². The monoisotopic (exact) mass is 254 g/mol. The maximum absolute atomic E-state index is 11.0. The second kappa shape index (κ2) is 5.57. The molecule has 1 saturated heterocycles. The van der Waals surface area contributed by atoms with Gasteiger partial charge in [0.15, 0.2) is 0 Å². The molecule has 3 N–H and O–H groups in total. The third kappa shape index (κ3) is 3.04. The largest absolute Gasteiger partial charge is 0.480 e. The Morgan fingerprint density at radius 2 is 2.00 bits per heavy atom. The first kappa shape index (κ1) is 13.8. The van der Waals surface area contributed by atoms with Crippen molar-refractivity contribution in [1.29, 1.82) is 0 Å². The lowest BCUT2D eigenvalue weighted by Crippen LogP contribution is -2.48. The van der Waals surface area contributed by atoms with Crippen molar-refractivity contribution in [3.05, 3.63) is 0 Å². The summed E-state index contributed by atoms with van der Waals surface area (Å²) < 4.78 is 0. The zero-order valence-electron chi connectivity index (χ0n) is 11.4. The normalized spacial score (nSPS) is 29.6. The van der Waals surface area contributed by atoms with Gasteiger partial charge in [-0.1, -0.05) is 12.8 Å². The van der Waals surface area contributed by atoms with Crippen molar-refractivity contribution in [1.82, 2.24) is 4.90 Å². The molecule has 0 bridgehead atoms. The molecule has 1 saturated carbocycles. The highest BCUT2D eigenvalue weighted by molar-refractivity contribution is 5.77. The van der Waals surface area contributed by atoms with Crippen LogP contribution in [0.4, 0.5) is 0 Å². The van der Waals surface area contributed by atoms with Gasteiger partial charge < -0.3 is 15.7 Å². The first-order chi connectivity index (χ1) is 8.50. The highest BCUT2D eigenvalue weighted by Crippen LogP contribution is 2.35. The molecular weight excluding hydrogens is 228 g/mol. The van der Waals surface area contributed by atoms with Crippen LogP contribution in [0.25, 0.3) is 0 Å². The van der Waals surface area contributed by atoms with E-state index in [0.717, 1.165) is 19.0 Å². The summed E-state index contributed by atoms with van der Waals surface area (Å²) in [7, 11) is 0. The SMILES string of the molecule is CC(N)(CCN1CCCC1C1CCCC1)C(=O)O. The molecule has 2 unspecified atom stereocenters. The molecular formula is C14H26N2O2. The maximum atomic E-state index is 11.0. The van der Waals surface area contributed by atoms with Gasteiger partial charge in [-0.05, 0) is 51.5 Å². The number of carbonyl (C=O) groups is 1. The minimum absolute atomic E-state index is 0.547. The van der Waals surface area contributed by atoms with Gasteiger partial charge in [0.2, 0.25) is 0 Å². The quantitative estimate of drug-likeness (QED) is 0.785. The summed E-state index contributed by atoms with van der Waals surface area (Å²) in [6, 6.07) is 0.692. The van der Waals surface area contributed by atoms with Gasteiger partial charge in [0.25, 0.3) is 0 Å². The highest BCUT2D eigenvalue weighted by Gasteiger charge is 2.35. The predicted octanol–water partition coefficient (Wildman–Crippen LogP) is 1.83. The molecule has 4 nitrogen and oxygen atoms in total. The van der Waals surface area contributed by atoms with E-state index in [2.05, 4.69) is 4.90 Å². The van der Waals surface area contributed by atoms with Crippen LogP contribution < -0.4 is 5.73 Å². The Labute approximate surface area is 110 Å². The average molecular weight is 254 g/mol. The van der Waals surface area contributed by atoms with E-state index >= 15 is 0 Å². The van der Waals surface area contributed by atoms with E-state index in [-0.39, 0.29) is 0 Å². The minimum Gasteiger partial charge on any atom is -0.480 e. The molecule has 0 radical (unpaired) electrons. The summed E-state index contributed by atoms with van der Waals surface area (Å²) in [5.41, 5.74) is 4.73. The summed E-state index contributed by atoms with van der Waals surface area (Å²) in [6.45, 7) is 3.58. The first-order valence-electron chi connectivity index (χ1n) is 7.27. The van der Waals surface area contributed by atoms with E-state index in [1.54, 1.807) is 6.92 Å². The Morgan fingerprint density at radius 3 is 2.61 bits per heavy atom. The van der Waals surface area contributed by atoms with Crippen molar-refractivity contribution in [2.45, 2.75) is 63.5 Å². The lowest BCUT2D eigenvalue weighted by molar-refractivity contribution is -0.143. The number of carboxylic acids is 1. The molecule has 0 amide bonds. The van der Waals surface area contributed by atoms with E-state index in [1.807, 2.05) is 0 Å². The van der Waals surface area contributed by atoms with E-state index in [1.165, 1.54) is 38.5 Å². The van der Waals surface area contributed by atoms with Crippen LogP contribution in [-0.2, 0) is 4.79 Å². The van der Waals surface area contributed by atoms with Crippen LogP contribution in [0.2, 0.25) is 0 Å². The van der Waals surface area contributed by atoms with Crippen molar-refractivity contribution < 1.29 is 9.90 Å². The third-order valence-corrected chi connectivity index (χ3v) is 4.77. The van der Waals surface area contributed by atoms with Crippen LogP contribution >= 0.6 is 0 Å². The minimum atomic E-state index is -1.08. The number of likely N-dealkylation sites (tertiary alicyclic amines) is 1. The number of carboxylic acid groups (broad SMARTS) is 1. The number of rotatable bonds is 5. The van der Waals surface area contributed by atoms with Gasteiger partial charge in [-0.15, -0.1) is 0 Å². The van der Waals surface area contributed by atoms with E-state index in [9.17, 15) is 4.79 Å². The molecule has 0 aromatic heterocycles. The predicted molar refractivity (Wildman–Crippen MR) is 71.4 cm³/mol. The molecule has 1 aliphatic heterocycles. The van der Waals surface area contributed by atoms with E-state index in [0.29, 0.717) is 12.5 Å². The molecule has 2 atom stereocenters. The highest BCUT2D eigenvalue weighted by atomic mass is 16.4. The van der Waals surface area contributed by atoms with Crippen molar-refractivity contribution >= 4 is 5.97 Å². The van der Waals surface area contributed by atoms with E-state index < -0.39 is 11.5 Å². The Hall–Kier alpha value is -0.610. The molecule has 2 fully saturated rings. The van der Waals surface area contributed by atoms with E-state index in [4.69, 9.17) is 10.8 Å². The van der Waals surface area contributed by atoms with Crippen molar-refractivity contribution in [2.75, 3.05) is 13.1 Å². The maximum Gasteiger partial charge on any atom is 0.323 e. The molecule has 0 aromatic carbocycles. The Bertz CT molecular complexity index is 298. The van der Waals surface area contributed by atoms with Gasteiger partial charge in [-0.25, -0.2) is 0 Å². The number of hydrogen-bond acceptors (Lipinski definition) is 3. The fourth-order valence-electron chi connectivity index (χ4n) is 3.49. The van der Waals surface area contributed by atoms with Gasteiger partial charge in [0, 0.05) is 12.6 Å². The molecule has 18 heavy (non-hydrogen) atoms. The molecule has 0 aromatic rings. The lowest BCUT2D eigenvalue weighted by Gasteiger charge is -2.31. The van der Waals surface area contributed by atoms with Crippen LogP contribution in [-0.4, -0.2) is 40.6 Å². The zero-order chi connectivity index (χ0) is 13.2. The molecule has 104 valence electrons. The molecule has 0 spiro atoms. The third-order valence-electron chi connectivity index (χ3n) is 4.77. The average Bonchev–Trinajstić information content (AvgIpc) is 2.96. The van der Waals surface area contributed by atoms with Crippen molar-refractivity contribution in [3.63, 3.8) is 0 Å². The summed E-state index contributed by atoms with van der Waals surface area (Å²) in [4.78, 5) is 13.5. The Balaban J connectivity index is 1.86. The van der Waals surface area contributed by atoms with Gasteiger partial charge in [-0.2, -0.15) is 0 Å². The second-order valence-corrected chi connectivity index (χ2v) is 6.26. The molecule has 4 heteroatoms. The topological polar surface area (TPSA) is 66.6 Å². The lowest BCUT2D eigenvalue weighted by atomic mass is 9.94. The summed E-state index contributed by atoms with van der Waals surface area (Å²) in [5, 5.41) is 9.05. The van der Waals surface area contributed by atoms with Gasteiger partial charge in [-0.3, -0.25) is 4.79 Å². The summed E-state index contributed by atoms with van der Waals surface area (Å²) >= 11 is 0. The summed E-state index contributed by atoms with van der Waals surface area (Å²) in [6.07, 6.45) is 8.57. The number of nitrogens with two attached hydrogens (primary N) is 1. The summed E-state index contributed by atoms with van der Waals surface area (Å²) in [5.74, 6) is -0.0412. The smallest absolute Gasteiger partial charge is 0.323 e. The Morgan fingerprint density at radius 1 is 1.33 bits per heavy atom. The second-order valence-electron chi connectivity index (χ2n) is 6.26. The molecule has 2 aliphatic rings. The molecule has 1 heterocycles. The number of nitrogens with zero attached hydrogens (tertiary/aromatic N) is 1. The van der Waals surface area contributed by atoms with Crippen molar-refractivity contribution in [2.24, 2.45) is 11.7 Å². The Kier molecular flexibility index (Phi) is 4.28. The zero-order valence-corrected chi connectivity index (χ0v) is 11.4. The standard InChI is InChI=1S/C14H26N2O2/c1-14(15,13(17)18)8-10-16-9-4-7-12(16)11-5-2-3-6-11/h11-12H,2-10,15H2,1H3,(H,17,18). The number of aliphatic carboxylic acids is 1. The van der Waals surface area contributed by atoms with Gasteiger partial charge in [0.05, 0.1) is 0 Å². The van der Waals surface area contributed by atoms with Gasteiger partial charge in [0.1, 0.15) is 5.54 Å². The fourth-order valence-corrected chi connectivity index (χ4v) is 3.49. The van der Waals surface area contributed by atoms with Crippen LogP contribution in [0.5, 0.6) is 0 Å².